The van der Waals surface area contributed by atoms with Crippen LogP contribution in [0.1, 0.15) is 28.4 Å². The molecule has 0 spiro atoms. The van der Waals surface area contributed by atoms with Crippen molar-refractivity contribution in [2.45, 2.75) is 18.9 Å². The van der Waals surface area contributed by atoms with E-state index in [-0.39, 0.29) is 0 Å². The molecule has 2 aromatic carbocycles. The van der Waals surface area contributed by atoms with Crippen LogP contribution in [0.4, 0.5) is 0 Å². The highest BCUT2D eigenvalue weighted by Crippen LogP contribution is 2.34. The summed E-state index contributed by atoms with van der Waals surface area (Å²) < 4.78 is 5.57. The summed E-state index contributed by atoms with van der Waals surface area (Å²) in [5.41, 5.74) is 4.40. The third-order valence-electron chi connectivity index (χ3n) is 3.79. The SMILES string of the molecule is C=CCOc1ccc2c(c1)CCc1ccccc1C2O. The van der Waals surface area contributed by atoms with Crippen LogP contribution in [0.2, 0.25) is 0 Å². The van der Waals surface area contributed by atoms with Gasteiger partial charge in [0.2, 0.25) is 0 Å². The van der Waals surface area contributed by atoms with Crippen LogP contribution in [0.5, 0.6) is 5.75 Å². The summed E-state index contributed by atoms with van der Waals surface area (Å²) in [4.78, 5) is 0. The molecule has 0 bridgehead atoms. The largest absolute Gasteiger partial charge is 0.490 e. The number of rotatable bonds is 3. The van der Waals surface area contributed by atoms with Gasteiger partial charge >= 0.3 is 0 Å². The number of aryl methyl sites for hydroxylation is 2. The maximum Gasteiger partial charge on any atom is 0.120 e. The molecule has 0 aromatic heterocycles. The molecule has 2 nitrogen and oxygen atoms in total. The first-order valence-corrected chi connectivity index (χ1v) is 6.92. The van der Waals surface area contributed by atoms with Crippen LogP contribution in [-0.4, -0.2) is 11.7 Å². The standard InChI is InChI=1S/C18H18O2/c1-2-11-20-15-9-10-17-14(12-15)8-7-13-5-3-4-6-16(13)18(17)19/h2-6,9-10,12,18-19H,1,7-8,11H2. The minimum atomic E-state index is -0.544. The van der Waals surface area contributed by atoms with E-state index in [2.05, 4.69) is 12.6 Å². The van der Waals surface area contributed by atoms with Crippen molar-refractivity contribution in [3.8, 4) is 5.75 Å². The van der Waals surface area contributed by atoms with Crippen LogP contribution in [0.25, 0.3) is 0 Å². The van der Waals surface area contributed by atoms with E-state index in [9.17, 15) is 5.11 Å². The van der Waals surface area contributed by atoms with Crippen molar-refractivity contribution in [3.05, 3.63) is 77.4 Å². The zero-order valence-electron chi connectivity index (χ0n) is 11.4. The van der Waals surface area contributed by atoms with Crippen LogP contribution >= 0.6 is 0 Å². The quantitative estimate of drug-likeness (QED) is 0.862. The summed E-state index contributed by atoms with van der Waals surface area (Å²) in [7, 11) is 0. The number of benzene rings is 2. The molecule has 0 amide bonds. The Balaban J connectivity index is 1.98. The van der Waals surface area contributed by atoms with Gasteiger partial charge in [-0.1, -0.05) is 43.0 Å². The molecule has 0 fully saturated rings. The van der Waals surface area contributed by atoms with Gasteiger partial charge in [-0.05, 0) is 47.2 Å². The van der Waals surface area contributed by atoms with E-state index in [0.717, 1.165) is 35.3 Å². The summed E-state index contributed by atoms with van der Waals surface area (Å²) in [6, 6.07) is 14.0. The third kappa shape index (κ3) is 2.35. The van der Waals surface area contributed by atoms with Gasteiger partial charge in [-0.15, -0.1) is 0 Å². The summed E-state index contributed by atoms with van der Waals surface area (Å²) in [5, 5.41) is 10.6. The van der Waals surface area contributed by atoms with Crippen molar-refractivity contribution < 1.29 is 9.84 Å². The van der Waals surface area contributed by atoms with Gasteiger partial charge in [-0.2, -0.15) is 0 Å². The smallest absolute Gasteiger partial charge is 0.120 e. The van der Waals surface area contributed by atoms with Gasteiger partial charge < -0.3 is 9.84 Å². The number of ether oxygens (including phenoxy) is 1. The van der Waals surface area contributed by atoms with E-state index in [1.165, 1.54) is 5.56 Å². The van der Waals surface area contributed by atoms with Crippen LogP contribution in [0.3, 0.4) is 0 Å². The maximum atomic E-state index is 10.6. The van der Waals surface area contributed by atoms with Crippen LogP contribution in [0, 0.1) is 0 Å². The second-order valence-electron chi connectivity index (χ2n) is 5.06. The van der Waals surface area contributed by atoms with E-state index < -0.39 is 6.10 Å². The number of hydrogen-bond acceptors (Lipinski definition) is 2. The predicted molar refractivity (Wildman–Crippen MR) is 80.0 cm³/mol. The summed E-state index contributed by atoms with van der Waals surface area (Å²) in [6.07, 6.45) is 3.06. The first-order chi connectivity index (χ1) is 9.79. The minimum Gasteiger partial charge on any atom is -0.490 e. The van der Waals surface area contributed by atoms with E-state index >= 15 is 0 Å². The third-order valence-corrected chi connectivity index (χ3v) is 3.79. The predicted octanol–water partition coefficient (Wildman–Crippen LogP) is 3.43. The van der Waals surface area contributed by atoms with Crippen molar-refractivity contribution >= 4 is 0 Å². The molecule has 1 aliphatic carbocycles. The van der Waals surface area contributed by atoms with Gasteiger partial charge in [0.15, 0.2) is 0 Å². The van der Waals surface area contributed by atoms with Gasteiger partial charge in [-0.3, -0.25) is 0 Å². The molecule has 1 aliphatic rings. The molecule has 0 saturated carbocycles. The fourth-order valence-electron chi connectivity index (χ4n) is 2.78. The lowest BCUT2D eigenvalue weighted by Crippen LogP contribution is -2.03. The van der Waals surface area contributed by atoms with Gasteiger partial charge in [0.1, 0.15) is 18.5 Å². The van der Waals surface area contributed by atoms with Crippen LogP contribution < -0.4 is 4.74 Å². The monoisotopic (exact) mass is 266 g/mol. The highest BCUT2D eigenvalue weighted by molar-refractivity contribution is 5.45. The Bertz CT molecular complexity index is 631. The Kier molecular flexibility index (Phi) is 3.57. The van der Waals surface area contributed by atoms with E-state index in [1.54, 1.807) is 6.08 Å². The molecule has 1 atom stereocenters. The van der Waals surface area contributed by atoms with Crippen molar-refractivity contribution in [1.82, 2.24) is 0 Å². The summed E-state index contributed by atoms with van der Waals surface area (Å²) >= 11 is 0. The van der Waals surface area contributed by atoms with Crippen molar-refractivity contribution in [2.75, 3.05) is 6.61 Å². The molecule has 0 heterocycles. The highest BCUT2D eigenvalue weighted by Gasteiger charge is 2.21. The maximum absolute atomic E-state index is 10.6. The highest BCUT2D eigenvalue weighted by atomic mass is 16.5. The Labute approximate surface area is 119 Å². The molecule has 0 saturated heterocycles. The summed E-state index contributed by atoms with van der Waals surface area (Å²) in [5.74, 6) is 0.835. The molecule has 0 radical (unpaired) electrons. The first-order valence-electron chi connectivity index (χ1n) is 6.92. The lowest BCUT2D eigenvalue weighted by molar-refractivity contribution is 0.219. The topological polar surface area (TPSA) is 29.5 Å². The fraction of sp³-hybridized carbons (Fsp3) is 0.222. The van der Waals surface area contributed by atoms with Crippen molar-refractivity contribution in [1.29, 1.82) is 0 Å². The van der Waals surface area contributed by atoms with Gasteiger partial charge in [0.05, 0.1) is 0 Å². The molecule has 2 aromatic rings. The van der Waals surface area contributed by atoms with E-state index in [0.29, 0.717) is 6.61 Å². The Morgan fingerprint density at radius 3 is 2.70 bits per heavy atom. The van der Waals surface area contributed by atoms with Gasteiger partial charge in [0, 0.05) is 0 Å². The number of aliphatic hydroxyl groups is 1. The minimum absolute atomic E-state index is 0.502. The second-order valence-corrected chi connectivity index (χ2v) is 5.06. The lowest BCUT2D eigenvalue weighted by Gasteiger charge is -2.15. The van der Waals surface area contributed by atoms with Gasteiger partial charge in [-0.25, -0.2) is 0 Å². The second kappa shape index (κ2) is 5.51. The fourth-order valence-corrected chi connectivity index (χ4v) is 2.78. The molecule has 1 unspecified atom stereocenters. The molecular formula is C18H18O2. The van der Waals surface area contributed by atoms with Crippen molar-refractivity contribution in [2.24, 2.45) is 0 Å². The number of aliphatic hydroxyl groups excluding tert-OH is 1. The Morgan fingerprint density at radius 2 is 1.85 bits per heavy atom. The molecule has 0 aliphatic heterocycles. The van der Waals surface area contributed by atoms with Crippen LogP contribution in [0.15, 0.2) is 55.1 Å². The zero-order chi connectivity index (χ0) is 13.9. The molecule has 102 valence electrons. The van der Waals surface area contributed by atoms with Gasteiger partial charge in [0.25, 0.3) is 0 Å². The molecule has 1 N–H and O–H groups in total. The average Bonchev–Trinajstić information content (AvgIpc) is 2.63. The van der Waals surface area contributed by atoms with Crippen molar-refractivity contribution in [3.63, 3.8) is 0 Å². The number of hydrogen-bond donors (Lipinski definition) is 1. The summed E-state index contributed by atoms with van der Waals surface area (Å²) in [6.45, 7) is 4.15. The Morgan fingerprint density at radius 1 is 1.10 bits per heavy atom. The molecule has 20 heavy (non-hydrogen) atoms. The molecule has 2 heteroatoms. The van der Waals surface area contributed by atoms with E-state index in [1.807, 2.05) is 36.4 Å². The van der Waals surface area contributed by atoms with E-state index in [4.69, 9.17) is 4.74 Å². The molecular weight excluding hydrogens is 248 g/mol. The average molecular weight is 266 g/mol. The first kappa shape index (κ1) is 12.9. The normalized spacial score (nSPS) is 16.8. The number of fused-ring (bicyclic) bond motifs is 2. The molecule has 3 rings (SSSR count). The lowest BCUT2D eigenvalue weighted by atomic mass is 9.97. The van der Waals surface area contributed by atoms with Crippen LogP contribution in [-0.2, 0) is 12.8 Å². The zero-order valence-corrected chi connectivity index (χ0v) is 11.4. The Hall–Kier alpha value is -2.06.